The molecule has 1 aliphatic carbocycles. The number of carbonyl (C=O) groups is 1. The molecule has 7 nitrogen and oxygen atoms in total. The third-order valence-electron chi connectivity index (χ3n) is 4.45. The third-order valence-corrected chi connectivity index (χ3v) is 4.45. The van der Waals surface area contributed by atoms with E-state index in [4.69, 9.17) is 14.2 Å². The first-order chi connectivity index (χ1) is 11.1. The van der Waals surface area contributed by atoms with Crippen molar-refractivity contribution in [3.63, 3.8) is 0 Å². The second kappa shape index (κ2) is 6.25. The lowest BCUT2D eigenvalue weighted by atomic mass is 9.94. The Hall–Kier alpha value is -1.99. The van der Waals surface area contributed by atoms with E-state index in [2.05, 4.69) is 0 Å². The molecule has 1 heterocycles. The number of methoxy groups -OCH3 is 1. The number of nitro benzene ring substituents is 1. The summed E-state index contributed by atoms with van der Waals surface area (Å²) in [5.41, 5.74) is 0.262. The van der Waals surface area contributed by atoms with Crippen LogP contribution in [0.5, 0.6) is 0 Å². The largest absolute Gasteiger partial charge is 0.467 e. The number of nitrogens with zero attached hydrogens (tertiary/aromatic N) is 1. The molecule has 0 unspecified atom stereocenters. The molecule has 3 rings (SSSR count). The summed E-state index contributed by atoms with van der Waals surface area (Å²) in [4.78, 5) is 22.9. The summed E-state index contributed by atoms with van der Waals surface area (Å²) < 4.78 is 16.8. The highest BCUT2D eigenvalue weighted by atomic mass is 16.8. The number of para-hydroxylation sites is 1. The average Bonchev–Trinajstić information content (AvgIpc) is 2.93. The van der Waals surface area contributed by atoms with Crippen LogP contribution in [-0.4, -0.2) is 29.9 Å². The first-order valence-electron chi connectivity index (χ1n) is 7.73. The first kappa shape index (κ1) is 15.9. The maximum Gasteiger partial charge on any atom is 0.338 e. The fourth-order valence-electron chi connectivity index (χ4n) is 3.35. The van der Waals surface area contributed by atoms with Crippen molar-refractivity contribution in [1.29, 1.82) is 0 Å². The Labute approximate surface area is 133 Å². The van der Waals surface area contributed by atoms with Gasteiger partial charge in [-0.05, 0) is 18.9 Å². The van der Waals surface area contributed by atoms with Gasteiger partial charge in [0.05, 0.1) is 17.6 Å². The van der Waals surface area contributed by atoms with Crippen LogP contribution in [0.15, 0.2) is 24.3 Å². The molecule has 1 aromatic carbocycles. The van der Waals surface area contributed by atoms with Crippen molar-refractivity contribution in [1.82, 2.24) is 0 Å². The van der Waals surface area contributed by atoms with Crippen LogP contribution in [-0.2, 0) is 19.0 Å². The van der Waals surface area contributed by atoms with Crippen LogP contribution in [0.4, 0.5) is 5.69 Å². The summed E-state index contributed by atoms with van der Waals surface area (Å²) in [6, 6.07) is 6.27. The van der Waals surface area contributed by atoms with Gasteiger partial charge in [0.2, 0.25) is 0 Å². The van der Waals surface area contributed by atoms with Gasteiger partial charge in [-0.25, -0.2) is 4.79 Å². The summed E-state index contributed by atoms with van der Waals surface area (Å²) >= 11 is 0. The number of hydrogen-bond donors (Lipinski definition) is 0. The smallest absolute Gasteiger partial charge is 0.338 e. The summed E-state index contributed by atoms with van der Waals surface area (Å²) in [5.74, 6) is -1.42. The molecular formula is C16H19NO6. The maximum atomic E-state index is 12.1. The summed E-state index contributed by atoms with van der Waals surface area (Å²) in [7, 11) is 1.27. The van der Waals surface area contributed by atoms with Gasteiger partial charge in [0.25, 0.3) is 5.69 Å². The second-order valence-electron chi connectivity index (χ2n) is 5.89. The summed E-state index contributed by atoms with van der Waals surface area (Å²) in [6.07, 6.45) is 2.51. The highest BCUT2D eigenvalue weighted by Gasteiger charge is 2.53. The number of carbonyl (C=O) groups excluding carboxylic acids is 1. The predicted molar refractivity (Wildman–Crippen MR) is 79.6 cm³/mol. The van der Waals surface area contributed by atoms with Crippen LogP contribution >= 0.6 is 0 Å². The lowest BCUT2D eigenvalue weighted by molar-refractivity contribution is -0.386. The molecule has 0 bridgehead atoms. The van der Waals surface area contributed by atoms with Crippen LogP contribution in [0.1, 0.15) is 43.8 Å². The minimum atomic E-state index is -0.987. The molecule has 1 aliphatic heterocycles. The van der Waals surface area contributed by atoms with E-state index in [1.165, 1.54) is 13.2 Å². The van der Waals surface area contributed by atoms with Crippen LogP contribution in [0, 0.1) is 10.1 Å². The maximum absolute atomic E-state index is 12.1. The van der Waals surface area contributed by atoms with Crippen molar-refractivity contribution in [2.45, 2.75) is 50.1 Å². The number of hydrogen-bond acceptors (Lipinski definition) is 6. The minimum Gasteiger partial charge on any atom is -0.467 e. The Morgan fingerprint density at radius 3 is 2.61 bits per heavy atom. The van der Waals surface area contributed by atoms with Crippen LogP contribution in [0.2, 0.25) is 0 Å². The Morgan fingerprint density at radius 2 is 1.96 bits per heavy atom. The zero-order valence-electron chi connectivity index (χ0n) is 12.9. The number of esters is 1. The molecule has 7 heteroatoms. The molecule has 1 aromatic rings. The molecule has 2 atom stereocenters. The van der Waals surface area contributed by atoms with E-state index in [0.29, 0.717) is 18.4 Å². The van der Waals surface area contributed by atoms with Crippen molar-refractivity contribution in [3.05, 3.63) is 39.9 Å². The zero-order chi connectivity index (χ0) is 16.4. The molecule has 23 heavy (non-hydrogen) atoms. The zero-order valence-corrected chi connectivity index (χ0v) is 12.9. The molecule has 0 amide bonds. The molecular weight excluding hydrogens is 302 g/mol. The van der Waals surface area contributed by atoms with Crippen LogP contribution < -0.4 is 0 Å². The Bertz CT molecular complexity index is 610. The van der Waals surface area contributed by atoms with E-state index in [0.717, 1.165) is 19.3 Å². The predicted octanol–water partition coefficient (Wildman–Crippen LogP) is 2.88. The second-order valence-corrected chi connectivity index (χ2v) is 5.89. The molecule has 124 valence electrons. The minimum absolute atomic E-state index is 0.0807. The molecule has 0 radical (unpaired) electrons. The molecule has 1 saturated heterocycles. The van der Waals surface area contributed by atoms with E-state index in [1.807, 2.05) is 0 Å². The molecule has 2 fully saturated rings. The SMILES string of the molecule is COC(=O)[C@H]1OC2(CCCCC2)O[C@@H]1c1ccccc1[N+](=O)[O-]. The third kappa shape index (κ3) is 2.94. The van der Waals surface area contributed by atoms with Crippen molar-refractivity contribution >= 4 is 11.7 Å². The topological polar surface area (TPSA) is 87.9 Å². The normalized spacial score (nSPS) is 26.1. The molecule has 1 spiro atoms. The van der Waals surface area contributed by atoms with Gasteiger partial charge < -0.3 is 14.2 Å². The van der Waals surface area contributed by atoms with Crippen LogP contribution in [0.3, 0.4) is 0 Å². The van der Waals surface area contributed by atoms with E-state index < -0.39 is 28.9 Å². The van der Waals surface area contributed by atoms with Crippen molar-refractivity contribution in [2.75, 3.05) is 7.11 Å². The lowest BCUT2D eigenvalue weighted by Crippen LogP contribution is -2.35. The quantitative estimate of drug-likeness (QED) is 0.483. The van der Waals surface area contributed by atoms with Crippen LogP contribution in [0.25, 0.3) is 0 Å². The fraction of sp³-hybridized carbons (Fsp3) is 0.562. The highest BCUT2D eigenvalue weighted by molar-refractivity contribution is 5.76. The van der Waals surface area contributed by atoms with Crippen molar-refractivity contribution in [2.24, 2.45) is 0 Å². The average molecular weight is 321 g/mol. The summed E-state index contributed by atoms with van der Waals surface area (Å²) in [6.45, 7) is 0. The molecule has 1 saturated carbocycles. The Kier molecular flexibility index (Phi) is 4.32. The fourth-order valence-corrected chi connectivity index (χ4v) is 3.35. The number of benzene rings is 1. The Balaban J connectivity index is 1.98. The lowest BCUT2D eigenvalue weighted by Gasteiger charge is -2.31. The van der Waals surface area contributed by atoms with Gasteiger partial charge in [0.15, 0.2) is 11.9 Å². The monoisotopic (exact) mass is 321 g/mol. The van der Waals surface area contributed by atoms with Gasteiger partial charge in [-0.3, -0.25) is 10.1 Å². The van der Waals surface area contributed by atoms with Gasteiger partial charge in [0.1, 0.15) is 6.10 Å². The standard InChI is InChI=1S/C16H19NO6/c1-21-15(18)14-13(11-7-3-4-8-12(11)17(19)20)22-16(23-14)9-5-2-6-10-16/h3-4,7-8,13-14H,2,5-6,9-10H2,1H3/t13-,14+/m1/s1. The van der Waals surface area contributed by atoms with Gasteiger partial charge >= 0.3 is 5.97 Å². The van der Waals surface area contributed by atoms with Crippen molar-refractivity contribution in [3.8, 4) is 0 Å². The molecule has 0 N–H and O–H groups in total. The number of ether oxygens (including phenoxy) is 3. The molecule has 0 aromatic heterocycles. The van der Waals surface area contributed by atoms with Gasteiger partial charge in [-0.15, -0.1) is 0 Å². The van der Waals surface area contributed by atoms with Gasteiger partial charge in [-0.2, -0.15) is 0 Å². The number of nitro groups is 1. The van der Waals surface area contributed by atoms with E-state index in [9.17, 15) is 14.9 Å². The summed E-state index contributed by atoms with van der Waals surface area (Å²) in [5, 5.41) is 11.3. The van der Waals surface area contributed by atoms with E-state index >= 15 is 0 Å². The Morgan fingerprint density at radius 1 is 1.26 bits per heavy atom. The van der Waals surface area contributed by atoms with Crippen molar-refractivity contribution < 1.29 is 23.9 Å². The molecule has 2 aliphatic rings. The van der Waals surface area contributed by atoms with E-state index in [1.54, 1.807) is 18.2 Å². The van der Waals surface area contributed by atoms with Gasteiger partial charge in [-0.1, -0.05) is 18.6 Å². The van der Waals surface area contributed by atoms with E-state index in [-0.39, 0.29) is 5.69 Å². The first-order valence-corrected chi connectivity index (χ1v) is 7.73. The number of rotatable bonds is 3. The van der Waals surface area contributed by atoms with Gasteiger partial charge in [0, 0.05) is 18.9 Å². The highest BCUT2D eigenvalue weighted by Crippen LogP contribution is 2.47.